The predicted molar refractivity (Wildman–Crippen MR) is 59.8 cm³/mol. The van der Waals surface area contributed by atoms with Gasteiger partial charge in [0.1, 0.15) is 0 Å². The predicted octanol–water partition coefficient (Wildman–Crippen LogP) is 4.35. The highest BCUT2D eigenvalue weighted by Gasteiger charge is 2.30. The highest BCUT2D eigenvalue weighted by atomic mass is 35.5. The molecule has 0 aromatic heterocycles. The Morgan fingerprint density at radius 2 is 2.06 bits per heavy atom. The molecule has 1 aromatic carbocycles. The molecule has 0 spiro atoms. The molecule has 0 amide bonds. The fraction of sp³-hybridized carbons (Fsp3) is 0.273. The van der Waals surface area contributed by atoms with E-state index in [2.05, 4.69) is 11.9 Å². The van der Waals surface area contributed by atoms with Crippen molar-refractivity contribution in [3.63, 3.8) is 0 Å². The highest BCUT2D eigenvalue weighted by molar-refractivity contribution is 6.33. The first-order valence-electron chi connectivity index (χ1n) is 4.55. The van der Waals surface area contributed by atoms with Crippen molar-refractivity contribution in [1.82, 2.24) is 0 Å². The monoisotopic (exact) mass is 249 g/mol. The summed E-state index contributed by atoms with van der Waals surface area (Å²) in [4.78, 5) is 0. The lowest BCUT2D eigenvalue weighted by Crippen LogP contribution is -2.07. The van der Waals surface area contributed by atoms with Crippen molar-refractivity contribution in [2.75, 3.05) is 11.9 Å². The van der Waals surface area contributed by atoms with Gasteiger partial charge in [-0.1, -0.05) is 23.8 Å². The van der Waals surface area contributed by atoms with E-state index in [1.165, 1.54) is 6.07 Å². The van der Waals surface area contributed by atoms with Crippen LogP contribution in [0.4, 0.5) is 18.9 Å². The second-order valence-corrected chi connectivity index (χ2v) is 3.91. The highest BCUT2D eigenvalue weighted by Crippen LogP contribution is 2.33. The maximum absolute atomic E-state index is 12.4. The van der Waals surface area contributed by atoms with Crippen LogP contribution in [0, 0.1) is 0 Å². The lowest BCUT2D eigenvalue weighted by molar-refractivity contribution is -0.137. The number of hydrogen-bond donors (Lipinski definition) is 1. The lowest BCUT2D eigenvalue weighted by atomic mass is 10.2. The summed E-state index contributed by atoms with van der Waals surface area (Å²) in [6.07, 6.45) is -4.36. The van der Waals surface area contributed by atoms with Crippen molar-refractivity contribution in [3.8, 4) is 0 Å². The van der Waals surface area contributed by atoms with E-state index in [0.29, 0.717) is 6.54 Å². The average molecular weight is 250 g/mol. The first kappa shape index (κ1) is 12.9. The molecular weight excluding hydrogens is 239 g/mol. The number of alkyl halides is 3. The molecular formula is C11H11ClF3N. The molecule has 0 aliphatic carbocycles. The summed E-state index contributed by atoms with van der Waals surface area (Å²) < 4.78 is 37.2. The molecule has 0 atom stereocenters. The van der Waals surface area contributed by atoms with Gasteiger partial charge in [0.15, 0.2) is 0 Å². The number of hydrogen-bond acceptors (Lipinski definition) is 1. The van der Waals surface area contributed by atoms with Gasteiger partial charge in [-0.15, -0.1) is 0 Å². The summed E-state index contributed by atoms with van der Waals surface area (Å²) in [5.41, 5.74) is 0.356. The van der Waals surface area contributed by atoms with Crippen LogP contribution in [0.2, 0.25) is 5.02 Å². The number of halogens is 4. The normalized spacial score (nSPS) is 11.3. The quantitative estimate of drug-likeness (QED) is 0.786. The van der Waals surface area contributed by atoms with Crippen LogP contribution in [0.15, 0.2) is 30.4 Å². The van der Waals surface area contributed by atoms with Gasteiger partial charge in [0, 0.05) is 6.54 Å². The summed E-state index contributed by atoms with van der Waals surface area (Å²) in [7, 11) is 0. The van der Waals surface area contributed by atoms with Crippen LogP contribution in [0.25, 0.3) is 0 Å². The zero-order valence-electron chi connectivity index (χ0n) is 8.66. The molecule has 1 N–H and O–H groups in total. The molecule has 0 heterocycles. The summed E-state index contributed by atoms with van der Waals surface area (Å²) in [5, 5.41) is 3.05. The molecule has 88 valence electrons. The van der Waals surface area contributed by atoms with Crippen molar-refractivity contribution >= 4 is 17.3 Å². The Kier molecular flexibility index (Phi) is 3.86. The van der Waals surface area contributed by atoms with Crippen LogP contribution in [-0.2, 0) is 6.18 Å². The zero-order chi connectivity index (χ0) is 12.3. The van der Waals surface area contributed by atoms with E-state index in [9.17, 15) is 13.2 Å². The van der Waals surface area contributed by atoms with Gasteiger partial charge in [0.05, 0.1) is 16.3 Å². The standard InChI is InChI=1S/C11H11ClF3N/c1-7(2)6-16-10-5-8(11(13,14)15)3-4-9(10)12/h3-5,16H,1,6H2,2H3. The molecule has 0 bridgehead atoms. The molecule has 1 aromatic rings. The minimum atomic E-state index is -4.36. The van der Waals surface area contributed by atoms with Crippen LogP contribution in [-0.4, -0.2) is 6.54 Å². The van der Waals surface area contributed by atoms with Gasteiger partial charge >= 0.3 is 6.18 Å². The van der Waals surface area contributed by atoms with Crippen molar-refractivity contribution in [2.45, 2.75) is 13.1 Å². The minimum absolute atomic E-state index is 0.259. The third kappa shape index (κ3) is 3.45. The number of rotatable bonds is 3. The van der Waals surface area contributed by atoms with Crippen LogP contribution >= 0.6 is 11.6 Å². The molecule has 1 nitrogen and oxygen atoms in total. The summed E-state index contributed by atoms with van der Waals surface area (Å²) in [6, 6.07) is 3.17. The molecule has 1 rings (SSSR count). The van der Waals surface area contributed by atoms with E-state index < -0.39 is 11.7 Å². The molecule has 0 radical (unpaired) electrons. The van der Waals surface area contributed by atoms with Gasteiger partial charge in [-0.25, -0.2) is 0 Å². The largest absolute Gasteiger partial charge is 0.416 e. The first-order valence-corrected chi connectivity index (χ1v) is 4.93. The van der Waals surface area contributed by atoms with E-state index in [4.69, 9.17) is 11.6 Å². The fourth-order valence-corrected chi connectivity index (χ4v) is 1.27. The Hall–Kier alpha value is -1.16. The van der Waals surface area contributed by atoms with E-state index in [0.717, 1.165) is 17.7 Å². The van der Waals surface area contributed by atoms with Crippen molar-refractivity contribution in [3.05, 3.63) is 40.9 Å². The molecule has 0 aliphatic heterocycles. The second-order valence-electron chi connectivity index (χ2n) is 3.50. The molecule has 5 heteroatoms. The maximum atomic E-state index is 12.4. The SMILES string of the molecule is C=C(C)CNc1cc(C(F)(F)F)ccc1Cl. The summed E-state index contributed by atoms with van der Waals surface area (Å²) >= 11 is 5.77. The van der Waals surface area contributed by atoms with Crippen molar-refractivity contribution < 1.29 is 13.2 Å². The molecule has 0 aliphatic rings. The van der Waals surface area contributed by atoms with E-state index in [1.54, 1.807) is 6.92 Å². The number of anilines is 1. The van der Waals surface area contributed by atoms with E-state index >= 15 is 0 Å². The Balaban J connectivity index is 2.95. The van der Waals surface area contributed by atoms with Gasteiger partial charge in [-0.2, -0.15) is 13.2 Å². The van der Waals surface area contributed by atoms with Gasteiger partial charge in [0.2, 0.25) is 0 Å². The Morgan fingerprint density at radius 1 is 1.44 bits per heavy atom. The number of benzene rings is 1. The Morgan fingerprint density at radius 3 is 2.56 bits per heavy atom. The van der Waals surface area contributed by atoms with Crippen LogP contribution in [0.3, 0.4) is 0 Å². The minimum Gasteiger partial charge on any atom is -0.380 e. The third-order valence-electron chi connectivity index (χ3n) is 1.87. The van der Waals surface area contributed by atoms with Crippen LogP contribution in [0.5, 0.6) is 0 Å². The van der Waals surface area contributed by atoms with Gasteiger partial charge in [0.25, 0.3) is 0 Å². The van der Waals surface area contributed by atoms with E-state index in [-0.39, 0.29) is 10.7 Å². The van der Waals surface area contributed by atoms with E-state index in [1.807, 2.05) is 0 Å². The van der Waals surface area contributed by atoms with Crippen LogP contribution in [0.1, 0.15) is 12.5 Å². The van der Waals surface area contributed by atoms with Crippen LogP contribution < -0.4 is 5.32 Å². The van der Waals surface area contributed by atoms with Gasteiger partial charge in [-0.05, 0) is 25.1 Å². The molecule has 0 unspecified atom stereocenters. The Bertz CT molecular complexity index is 399. The maximum Gasteiger partial charge on any atom is 0.416 e. The Labute approximate surface area is 96.9 Å². The summed E-state index contributed by atoms with van der Waals surface area (Å²) in [6.45, 7) is 5.81. The zero-order valence-corrected chi connectivity index (χ0v) is 9.41. The first-order chi connectivity index (χ1) is 7.30. The smallest absolute Gasteiger partial charge is 0.380 e. The topological polar surface area (TPSA) is 12.0 Å². The van der Waals surface area contributed by atoms with Gasteiger partial charge < -0.3 is 5.32 Å². The van der Waals surface area contributed by atoms with Gasteiger partial charge in [-0.3, -0.25) is 0 Å². The lowest BCUT2D eigenvalue weighted by Gasteiger charge is -2.12. The summed E-state index contributed by atoms with van der Waals surface area (Å²) in [5.74, 6) is 0. The molecule has 16 heavy (non-hydrogen) atoms. The molecule has 0 saturated carbocycles. The number of nitrogens with one attached hydrogen (secondary N) is 1. The molecule has 0 fully saturated rings. The third-order valence-corrected chi connectivity index (χ3v) is 2.20. The molecule has 0 saturated heterocycles. The average Bonchev–Trinajstić information content (AvgIpc) is 2.14. The van der Waals surface area contributed by atoms with Crippen molar-refractivity contribution in [2.24, 2.45) is 0 Å². The fourth-order valence-electron chi connectivity index (χ4n) is 1.08. The van der Waals surface area contributed by atoms with Crippen molar-refractivity contribution in [1.29, 1.82) is 0 Å². The second kappa shape index (κ2) is 4.78.